The van der Waals surface area contributed by atoms with E-state index in [4.69, 9.17) is 16.3 Å². The number of rotatable bonds is 4. The highest BCUT2D eigenvalue weighted by Crippen LogP contribution is 2.25. The molecule has 6 nitrogen and oxygen atoms in total. The van der Waals surface area contributed by atoms with Crippen LogP contribution in [0.15, 0.2) is 18.2 Å². The second-order valence-electron chi connectivity index (χ2n) is 4.85. The van der Waals surface area contributed by atoms with Gasteiger partial charge in [-0.15, -0.1) is 0 Å². The van der Waals surface area contributed by atoms with Gasteiger partial charge in [-0.1, -0.05) is 11.6 Å². The summed E-state index contributed by atoms with van der Waals surface area (Å²) in [5, 5.41) is 8.98. The summed E-state index contributed by atoms with van der Waals surface area (Å²) in [5.41, 5.74) is 1.11. The van der Waals surface area contributed by atoms with Crippen LogP contribution in [0.4, 0.5) is 11.4 Å². The first-order valence-corrected chi connectivity index (χ1v) is 7.10. The quantitative estimate of drug-likeness (QED) is 0.789. The van der Waals surface area contributed by atoms with Crippen molar-refractivity contribution in [3.8, 4) is 0 Å². The molecule has 2 amide bonds. The monoisotopic (exact) mass is 311 g/mol. The molecule has 1 fully saturated rings. The summed E-state index contributed by atoms with van der Waals surface area (Å²) in [6.07, 6.45) is 0.338. The van der Waals surface area contributed by atoms with Gasteiger partial charge in [-0.2, -0.15) is 0 Å². The Morgan fingerprint density at radius 3 is 2.86 bits per heavy atom. The van der Waals surface area contributed by atoms with Crippen LogP contribution in [0.2, 0.25) is 5.02 Å². The number of benzene rings is 1. The zero-order chi connectivity index (χ0) is 15.2. The van der Waals surface area contributed by atoms with Gasteiger partial charge in [-0.05, 0) is 18.2 Å². The highest BCUT2D eigenvalue weighted by atomic mass is 35.5. The van der Waals surface area contributed by atoms with Crippen molar-refractivity contribution in [3.63, 3.8) is 0 Å². The second-order valence-corrected chi connectivity index (χ2v) is 5.26. The average molecular weight is 312 g/mol. The van der Waals surface area contributed by atoms with Crippen molar-refractivity contribution in [1.82, 2.24) is 5.32 Å². The van der Waals surface area contributed by atoms with Gasteiger partial charge in [0.2, 0.25) is 11.8 Å². The predicted octanol–water partition coefficient (Wildman–Crippen LogP) is 1.62. The molecule has 1 aliphatic heterocycles. The van der Waals surface area contributed by atoms with Gasteiger partial charge < -0.3 is 20.7 Å². The Kier molecular flexibility index (Phi) is 5.55. The summed E-state index contributed by atoms with van der Waals surface area (Å²) >= 11 is 6.05. The Labute approximate surface area is 128 Å². The molecule has 1 unspecified atom stereocenters. The fourth-order valence-electron chi connectivity index (χ4n) is 2.07. The Balaban J connectivity index is 1.91. The number of carbonyl (C=O) groups excluding carboxylic acids is 2. The molecule has 1 aromatic carbocycles. The van der Waals surface area contributed by atoms with Crippen LogP contribution in [0.3, 0.4) is 0 Å². The third-order valence-corrected chi connectivity index (χ3v) is 3.31. The lowest BCUT2D eigenvalue weighted by molar-refractivity contribution is -0.117. The SMILES string of the molecule is CC(=O)Nc1ccc(NC(=O)CC2COCCN2)cc1Cl. The molecule has 114 valence electrons. The second kappa shape index (κ2) is 7.40. The number of hydrogen-bond acceptors (Lipinski definition) is 4. The van der Waals surface area contributed by atoms with Crippen molar-refractivity contribution >= 4 is 34.8 Å². The number of anilines is 2. The van der Waals surface area contributed by atoms with Gasteiger partial charge >= 0.3 is 0 Å². The third-order valence-electron chi connectivity index (χ3n) is 2.99. The Morgan fingerprint density at radius 2 is 2.24 bits per heavy atom. The van der Waals surface area contributed by atoms with Crippen LogP contribution >= 0.6 is 11.6 Å². The molecular formula is C14H18ClN3O3. The summed E-state index contributed by atoms with van der Waals surface area (Å²) in [4.78, 5) is 22.9. The molecular weight excluding hydrogens is 294 g/mol. The van der Waals surface area contributed by atoms with Gasteiger partial charge in [0.1, 0.15) is 0 Å². The van der Waals surface area contributed by atoms with E-state index in [2.05, 4.69) is 16.0 Å². The fraction of sp³-hybridized carbons (Fsp3) is 0.429. The summed E-state index contributed by atoms with van der Waals surface area (Å²) < 4.78 is 5.30. The van der Waals surface area contributed by atoms with Crippen molar-refractivity contribution in [3.05, 3.63) is 23.2 Å². The van der Waals surface area contributed by atoms with Crippen LogP contribution in [-0.4, -0.2) is 37.6 Å². The maximum atomic E-state index is 11.9. The zero-order valence-corrected chi connectivity index (χ0v) is 12.5. The van der Waals surface area contributed by atoms with E-state index in [-0.39, 0.29) is 17.9 Å². The first-order chi connectivity index (χ1) is 10.0. The van der Waals surface area contributed by atoms with E-state index >= 15 is 0 Å². The maximum absolute atomic E-state index is 11.9. The zero-order valence-electron chi connectivity index (χ0n) is 11.7. The molecule has 2 rings (SSSR count). The highest BCUT2D eigenvalue weighted by Gasteiger charge is 2.17. The lowest BCUT2D eigenvalue weighted by Crippen LogP contribution is -2.43. The molecule has 1 aromatic rings. The summed E-state index contributed by atoms with van der Waals surface area (Å²) in [6, 6.07) is 4.99. The van der Waals surface area contributed by atoms with E-state index in [9.17, 15) is 9.59 Å². The van der Waals surface area contributed by atoms with Crippen molar-refractivity contribution in [1.29, 1.82) is 0 Å². The molecule has 0 aromatic heterocycles. The minimum Gasteiger partial charge on any atom is -0.378 e. The van der Waals surface area contributed by atoms with Crippen molar-refractivity contribution < 1.29 is 14.3 Å². The van der Waals surface area contributed by atoms with Crippen molar-refractivity contribution in [2.75, 3.05) is 30.4 Å². The van der Waals surface area contributed by atoms with Crippen molar-refractivity contribution in [2.24, 2.45) is 0 Å². The molecule has 1 atom stereocenters. The molecule has 1 saturated heterocycles. The fourth-order valence-corrected chi connectivity index (χ4v) is 2.30. The molecule has 0 spiro atoms. The predicted molar refractivity (Wildman–Crippen MR) is 81.6 cm³/mol. The number of halogens is 1. The lowest BCUT2D eigenvalue weighted by atomic mass is 10.2. The number of carbonyl (C=O) groups is 2. The molecule has 7 heteroatoms. The van der Waals surface area contributed by atoms with E-state index in [1.807, 2.05) is 0 Å². The maximum Gasteiger partial charge on any atom is 0.226 e. The van der Waals surface area contributed by atoms with E-state index in [1.54, 1.807) is 18.2 Å². The van der Waals surface area contributed by atoms with Gasteiger partial charge in [0, 0.05) is 31.6 Å². The summed E-state index contributed by atoms with van der Waals surface area (Å²) in [7, 11) is 0. The summed E-state index contributed by atoms with van der Waals surface area (Å²) in [6.45, 7) is 3.38. The largest absolute Gasteiger partial charge is 0.378 e. The van der Waals surface area contributed by atoms with Gasteiger partial charge in [-0.25, -0.2) is 0 Å². The van der Waals surface area contributed by atoms with E-state index < -0.39 is 0 Å². The minimum atomic E-state index is -0.197. The van der Waals surface area contributed by atoms with Gasteiger partial charge in [-0.3, -0.25) is 9.59 Å². The van der Waals surface area contributed by atoms with E-state index in [0.717, 1.165) is 6.54 Å². The van der Waals surface area contributed by atoms with Crippen LogP contribution in [0, 0.1) is 0 Å². The number of nitrogens with one attached hydrogen (secondary N) is 3. The van der Waals surface area contributed by atoms with Crippen LogP contribution in [-0.2, 0) is 14.3 Å². The minimum absolute atomic E-state index is 0.0351. The van der Waals surface area contributed by atoms with Crippen LogP contribution in [0.5, 0.6) is 0 Å². The molecule has 21 heavy (non-hydrogen) atoms. The topological polar surface area (TPSA) is 79.5 Å². The molecule has 3 N–H and O–H groups in total. The van der Waals surface area contributed by atoms with Gasteiger partial charge in [0.25, 0.3) is 0 Å². The first-order valence-electron chi connectivity index (χ1n) is 6.72. The van der Waals surface area contributed by atoms with Gasteiger partial charge in [0.15, 0.2) is 0 Å². The smallest absolute Gasteiger partial charge is 0.226 e. The standard InChI is InChI=1S/C14H18ClN3O3/c1-9(19)17-13-3-2-10(6-12(13)15)18-14(20)7-11-8-21-5-4-16-11/h2-3,6,11,16H,4-5,7-8H2,1H3,(H,17,19)(H,18,20). The number of amides is 2. The molecule has 0 aliphatic carbocycles. The summed E-state index contributed by atoms with van der Waals surface area (Å²) in [5.74, 6) is -0.307. The number of ether oxygens (including phenoxy) is 1. The van der Waals surface area contributed by atoms with Crippen molar-refractivity contribution in [2.45, 2.75) is 19.4 Å². The lowest BCUT2D eigenvalue weighted by Gasteiger charge is -2.23. The van der Waals surface area contributed by atoms with Gasteiger partial charge in [0.05, 0.1) is 23.9 Å². The Bertz CT molecular complexity index is 530. The normalized spacial score (nSPS) is 18.1. The Hall–Kier alpha value is -1.63. The van der Waals surface area contributed by atoms with Crippen LogP contribution in [0.1, 0.15) is 13.3 Å². The van der Waals surface area contributed by atoms with E-state index in [1.165, 1.54) is 6.92 Å². The molecule has 0 radical (unpaired) electrons. The third kappa shape index (κ3) is 5.00. The molecule has 0 bridgehead atoms. The first kappa shape index (κ1) is 15.8. The number of morpholine rings is 1. The average Bonchev–Trinajstić information content (AvgIpc) is 2.42. The van der Waals surface area contributed by atoms with E-state index in [0.29, 0.717) is 36.0 Å². The molecule has 1 heterocycles. The number of hydrogen-bond donors (Lipinski definition) is 3. The highest BCUT2D eigenvalue weighted by molar-refractivity contribution is 6.34. The van der Waals surface area contributed by atoms with Crippen LogP contribution < -0.4 is 16.0 Å². The Morgan fingerprint density at radius 1 is 1.43 bits per heavy atom. The molecule has 0 saturated carbocycles. The van der Waals surface area contributed by atoms with Crippen LogP contribution in [0.25, 0.3) is 0 Å². The molecule has 1 aliphatic rings.